The number of nitrogens with zero attached hydrogens (tertiary/aromatic N) is 3. The van der Waals surface area contributed by atoms with Crippen molar-refractivity contribution in [1.29, 1.82) is 0 Å². The Morgan fingerprint density at radius 1 is 1.41 bits per heavy atom. The van der Waals surface area contributed by atoms with Crippen molar-refractivity contribution in [1.82, 2.24) is 15.0 Å². The number of rotatable bonds is 7. The summed E-state index contributed by atoms with van der Waals surface area (Å²) < 4.78 is 10.2. The van der Waals surface area contributed by atoms with E-state index in [9.17, 15) is 0 Å². The number of methoxy groups -OCH3 is 1. The van der Waals surface area contributed by atoms with E-state index in [-0.39, 0.29) is 12.1 Å². The van der Waals surface area contributed by atoms with Crippen molar-refractivity contribution in [3.63, 3.8) is 0 Å². The van der Waals surface area contributed by atoms with Gasteiger partial charge in [0.1, 0.15) is 6.10 Å². The van der Waals surface area contributed by atoms with Crippen molar-refractivity contribution in [2.75, 3.05) is 26.7 Å². The molecule has 1 heterocycles. The minimum absolute atomic E-state index is 0.197. The van der Waals surface area contributed by atoms with Crippen LogP contribution in [0, 0.1) is 0 Å². The predicted octanol–water partition coefficient (Wildman–Crippen LogP) is 1.12. The lowest BCUT2D eigenvalue weighted by molar-refractivity contribution is 0.0886. The Morgan fingerprint density at radius 2 is 2.06 bits per heavy atom. The van der Waals surface area contributed by atoms with Crippen LogP contribution in [0.25, 0.3) is 0 Å². The summed E-state index contributed by atoms with van der Waals surface area (Å²) in [5.41, 5.74) is 6.03. The molecule has 0 spiro atoms. The normalized spacial score (nSPS) is 15.2. The number of ether oxygens (including phenoxy) is 1. The molecule has 0 aliphatic heterocycles. The number of hydrogen-bond donors (Lipinski definition) is 1. The first-order chi connectivity index (χ1) is 8.12. The van der Waals surface area contributed by atoms with Gasteiger partial charge in [0, 0.05) is 13.7 Å². The molecule has 0 bridgehead atoms. The van der Waals surface area contributed by atoms with Crippen LogP contribution in [0.4, 0.5) is 0 Å². The van der Waals surface area contributed by atoms with E-state index >= 15 is 0 Å². The molecule has 1 aromatic rings. The third-order valence-electron chi connectivity index (χ3n) is 2.84. The van der Waals surface area contributed by atoms with Crippen molar-refractivity contribution < 1.29 is 9.26 Å². The first-order valence-corrected chi connectivity index (χ1v) is 5.96. The molecule has 0 saturated heterocycles. The number of aromatic nitrogens is 2. The molecule has 0 saturated carbocycles. The molecule has 2 N–H and O–H groups in total. The SMILES string of the molecule is CCN(CC)CC(N)c1noc(C(C)OC)n1. The molecule has 1 rings (SSSR count). The van der Waals surface area contributed by atoms with Crippen molar-refractivity contribution >= 4 is 0 Å². The molecule has 0 aromatic carbocycles. The summed E-state index contributed by atoms with van der Waals surface area (Å²) in [5.74, 6) is 1.01. The van der Waals surface area contributed by atoms with Crippen molar-refractivity contribution in [3.8, 4) is 0 Å². The van der Waals surface area contributed by atoms with Gasteiger partial charge in [0.15, 0.2) is 5.82 Å². The second-order valence-electron chi connectivity index (χ2n) is 3.96. The average molecular weight is 242 g/mol. The Labute approximate surface area is 102 Å². The van der Waals surface area contributed by atoms with Crippen LogP contribution in [0.3, 0.4) is 0 Å². The van der Waals surface area contributed by atoms with Gasteiger partial charge >= 0.3 is 0 Å². The highest BCUT2D eigenvalue weighted by atomic mass is 16.5. The molecular weight excluding hydrogens is 220 g/mol. The number of nitrogens with two attached hydrogens (primary N) is 1. The summed E-state index contributed by atoms with van der Waals surface area (Å²) in [4.78, 5) is 6.47. The van der Waals surface area contributed by atoms with E-state index in [1.165, 1.54) is 0 Å². The topological polar surface area (TPSA) is 77.4 Å². The highest BCUT2D eigenvalue weighted by Crippen LogP contribution is 2.15. The van der Waals surface area contributed by atoms with Crippen LogP contribution in [-0.2, 0) is 4.74 Å². The maximum Gasteiger partial charge on any atom is 0.255 e. The van der Waals surface area contributed by atoms with Gasteiger partial charge in [0.2, 0.25) is 0 Å². The lowest BCUT2D eigenvalue weighted by Gasteiger charge is -2.20. The van der Waals surface area contributed by atoms with Crippen LogP contribution in [0.5, 0.6) is 0 Å². The molecule has 6 nitrogen and oxygen atoms in total. The van der Waals surface area contributed by atoms with Crippen LogP contribution in [0.1, 0.15) is 44.6 Å². The van der Waals surface area contributed by atoms with Crippen molar-refractivity contribution in [3.05, 3.63) is 11.7 Å². The first-order valence-electron chi connectivity index (χ1n) is 5.96. The van der Waals surface area contributed by atoms with Crippen LogP contribution < -0.4 is 5.73 Å². The number of likely N-dealkylation sites (N-methyl/N-ethyl adjacent to an activating group) is 1. The summed E-state index contributed by atoms with van der Waals surface area (Å²) in [6, 6.07) is -0.226. The summed E-state index contributed by atoms with van der Waals surface area (Å²) >= 11 is 0. The van der Waals surface area contributed by atoms with E-state index in [1.807, 2.05) is 6.92 Å². The molecule has 0 radical (unpaired) electrons. The highest BCUT2D eigenvalue weighted by molar-refractivity contribution is 4.95. The Kier molecular flexibility index (Phi) is 5.54. The van der Waals surface area contributed by atoms with Gasteiger partial charge in [0.05, 0.1) is 6.04 Å². The molecule has 0 aliphatic carbocycles. The fourth-order valence-electron chi connectivity index (χ4n) is 1.51. The van der Waals surface area contributed by atoms with Gasteiger partial charge < -0.3 is 19.9 Å². The Bertz CT molecular complexity index is 325. The molecule has 17 heavy (non-hydrogen) atoms. The second-order valence-corrected chi connectivity index (χ2v) is 3.96. The van der Waals surface area contributed by atoms with Gasteiger partial charge in [-0.15, -0.1) is 0 Å². The highest BCUT2D eigenvalue weighted by Gasteiger charge is 2.19. The van der Waals surface area contributed by atoms with Gasteiger partial charge in [-0.2, -0.15) is 4.98 Å². The zero-order valence-electron chi connectivity index (χ0n) is 11.0. The average Bonchev–Trinajstić information content (AvgIpc) is 2.84. The van der Waals surface area contributed by atoms with E-state index in [4.69, 9.17) is 15.0 Å². The lowest BCUT2D eigenvalue weighted by atomic mass is 10.2. The Morgan fingerprint density at radius 3 is 2.59 bits per heavy atom. The van der Waals surface area contributed by atoms with Crippen LogP contribution in [0.15, 0.2) is 4.52 Å². The van der Waals surface area contributed by atoms with Gasteiger partial charge in [-0.3, -0.25) is 0 Å². The van der Waals surface area contributed by atoms with Crippen LogP contribution in [0.2, 0.25) is 0 Å². The summed E-state index contributed by atoms with van der Waals surface area (Å²) in [6.45, 7) is 8.71. The molecule has 1 aromatic heterocycles. The fraction of sp³-hybridized carbons (Fsp3) is 0.818. The summed E-state index contributed by atoms with van der Waals surface area (Å²) in [7, 11) is 1.60. The quantitative estimate of drug-likeness (QED) is 0.772. The van der Waals surface area contributed by atoms with E-state index in [2.05, 4.69) is 28.9 Å². The molecule has 6 heteroatoms. The largest absolute Gasteiger partial charge is 0.372 e. The minimum atomic E-state index is -0.226. The maximum absolute atomic E-state index is 6.03. The summed E-state index contributed by atoms with van der Waals surface area (Å²) in [5, 5.41) is 3.89. The Balaban J connectivity index is 2.63. The molecule has 0 amide bonds. The van der Waals surface area contributed by atoms with Gasteiger partial charge in [0.25, 0.3) is 5.89 Å². The zero-order chi connectivity index (χ0) is 12.8. The third kappa shape index (κ3) is 3.76. The zero-order valence-corrected chi connectivity index (χ0v) is 11.0. The van der Waals surface area contributed by atoms with Gasteiger partial charge in [-0.1, -0.05) is 19.0 Å². The standard InChI is InChI=1S/C11H22N4O2/c1-5-15(6-2)7-9(12)10-13-11(17-14-10)8(3)16-4/h8-9H,5-7,12H2,1-4H3. The van der Waals surface area contributed by atoms with Gasteiger partial charge in [-0.25, -0.2) is 0 Å². The Hall–Kier alpha value is -0.980. The summed E-state index contributed by atoms with van der Waals surface area (Å²) in [6.07, 6.45) is -0.197. The smallest absolute Gasteiger partial charge is 0.255 e. The van der Waals surface area contributed by atoms with Crippen LogP contribution >= 0.6 is 0 Å². The van der Waals surface area contributed by atoms with E-state index in [0.29, 0.717) is 11.7 Å². The minimum Gasteiger partial charge on any atom is -0.372 e. The third-order valence-corrected chi connectivity index (χ3v) is 2.84. The van der Waals surface area contributed by atoms with E-state index in [1.54, 1.807) is 7.11 Å². The monoisotopic (exact) mass is 242 g/mol. The molecule has 2 atom stereocenters. The fourth-order valence-corrected chi connectivity index (χ4v) is 1.51. The lowest BCUT2D eigenvalue weighted by Crippen LogP contribution is -2.32. The molecular formula is C11H22N4O2. The maximum atomic E-state index is 6.03. The molecule has 98 valence electrons. The molecule has 0 aliphatic rings. The van der Waals surface area contributed by atoms with Gasteiger partial charge in [-0.05, 0) is 20.0 Å². The number of hydrogen-bond acceptors (Lipinski definition) is 6. The predicted molar refractivity (Wildman–Crippen MR) is 64.4 cm³/mol. The molecule has 2 unspecified atom stereocenters. The molecule has 0 fully saturated rings. The van der Waals surface area contributed by atoms with E-state index < -0.39 is 0 Å². The second kappa shape index (κ2) is 6.68. The van der Waals surface area contributed by atoms with E-state index in [0.717, 1.165) is 19.6 Å². The van der Waals surface area contributed by atoms with Crippen molar-refractivity contribution in [2.24, 2.45) is 5.73 Å². The van der Waals surface area contributed by atoms with Crippen molar-refractivity contribution in [2.45, 2.75) is 32.9 Å². The van der Waals surface area contributed by atoms with Crippen LogP contribution in [-0.4, -0.2) is 41.8 Å². The first kappa shape index (κ1) is 14.1.